The van der Waals surface area contributed by atoms with Gasteiger partial charge in [-0.15, -0.1) is 9.90 Å². The fourth-order valence-electron chi connectivity index (χ4n) is 3.00. The zero-order chi connectivity index (χ0) is 17.9. The van der Waals surface area contributed by atoms with Gasteiger partial charge in [0, 0.05) is 13.0 Å². The lowest BCUT2D eigenvalue weighted by atomic mass is 10.1. The van der Waals surface area contributed by atoms with E-state index < -0.39 is 0 Å². The number of amides is 2. The van der Waals surface area contributed by atoms with Crippen LogP contribution >= 0.6 is 0 Å². The van der Waals surface area contributed by atoms with E-state index in [1.54, 1.807) is 0 Å². The van der Waals surface area contributed by atoms with Crippen LogP contribution in [-0.2, 0) is 13.0 Å². The van der Waals surface area contributed by atoms with E-state index >= 15 is 0 Å². The van der Waals surface area contributed by atoms with E-state index in [9.17, 15) is 4.79 Å². The van der Waals surface area contributed by atoms with Gasteiger partial charge in [-0.05, 0) is 25.0 Å². The molecule has 9 heteroatoms. The molecule has 134 valence electrons. The van der Waals surface area contributed by atoms with Crippen molar-refractivity contribution < 1.29 is 4.79 Å². The number of para-hydroxylation sites is 1. The van der Waals surface area contributed by atoms with Gasteiger partial charge < -0.3 is 5.32 Å². The van der Waals surface area contributed by atoms with Crippen LogP contribution in [0.5, 0.6) is 0 Å². The Morgan fingerprint density at radius 2 is 2.12 bits per heavy atom. The number of fused-ring (bicyclic) bond motifs is 1. The minimum Gasteiger partial charge on any atom is -0.328 e. The molecule has 1 aliphatic heterocycles. The van der Waals surface area contributed by atoms with Gasteiger partial charge in [-0.2, -0.15) is 10.2 Å². The van der Waals surface area contributed by atoms with Gasteiger partial charge in [0.15, 0.2) is 11.6 Å². The summed E-state index contributed by atoms with van der Waals surface area (Å²) in [6.45, 7) is 2.86. The summed E-state index contributed by atoms with van der Waals surface area (Å²) in [5.41, 5.74) is 0.827. The Kier molecular flexibility index (Phi) is 4.34. The second-order valence-electron chi connectivity index (χ2n) is 6.11. The van der Waals surface area contributed by atoms with E-state index in [-0.39, 0.29) is 12.1 Å². The molecule has 0 saturated carbocycles. The Bertz CT molecular complexity index is 901. The molecule has 2 N–H and O–H groups in total. The topological polar surface area (TPSA) is 103 Å². The second kappa shape index (κ2) is 6.95. The third-order valence-corrected chi connectivity index (χ3v) is 4.26. The Balaban J connectivity index is 1.42. The first-order chi connectivity index (χ1) is 12.7. The normalized spacial score (nSPS) is 16.1. The summed E-state index contributed by atoms with van der Waals surface area (Å²) >= 11 is 0. The summed E-state index contributed by atoms with van der Waals surface area (Å²) in [6.07, 6.45) is 4.09. The number of aromatic nitrogens is 6. The van der Waals surface area contributed by atoms with E-state index in [2.05, 4.69) is 30.9 Å². The smallest absolute Gasteiger partial charge is 0.321 e. The Morgan fingerprint density at radius 3 is 2.92 bits per heavy atom. The SMILES string of the molecule is CCc1nc2n(n1)CCC[C@@H]2NC(=O)Nc1cnn(-c2ccccc2)n1. The van der Waals surface area contributed by atoms with Gasteiger partial charge in [-0.25, -0.2) is 14.5 Å². The highest BCUT2D eigenvalue weighted by molar-refractivity contribution is 5.88. The van der Waals surface area contributed by atoms with Gasteiger partial charge in [0.05, 0.1) is 17.9 Å². The van der Waals surface area contributed by atoms with Crippen molar-refractivity contribution in [3.8, 4) is 5.69 Å². The van der Waals surface area contributed by atoms with Crippen molar-refractivity contribution in [2.75, 3.05) is 5.32 Å². The summed E-state index contributed by atoms with van der Waals surface area (Å²) in [7, 11) is 0. The van der Waals surface area contributed by atoms with Crippen molar-refractivity contribution in [3.05, 3.63) is 48.2 Å². The number of urea groups is 1. The number of hydrogen-bond donors (Lipinski definition) is 2. The number of rotatable bonds is 4. The van der Waals surface area contributed by atoms with Crippen LogP contribution in [-0.4, -0.2) is 35.8 Å². The number of carbonyl (C=O) groups is 1. The first kappa shape index (κ1) is 16.2. The van der Waals surface area contributed by atoms with Crippen molar-refractivity contribution in [1.82, 2.24) is 35.1 Å². The molecule has 0 spiro atoms. The maximum absolute atomic E-state index is 12.4. The van der Waals surface area contributed by atoms with Gasteiger partial charge in [0.1, 0.15) is 5.82 Å². The fourth-order valence-corrected chi connectivity index (χ4v) is 3.00. The zero-order valence-corrected chi connectivity index (χ0v) is 14.5. The van der Waals surface area contributed by atoms with Crippen molar-refractivity contribution >= 4 is 11.8 Å². The molecule has 3 heterocycles. The van der Waals surface area contributed by atoms with Crippen LogP contribution in [0.15, 0.2) is 36.5 Å². The van der Waals surface area contributed by atoms with Crippen LogP contribution in [0.4, 0.5) is 10.6 Å². The van der Waals surface area contributed by atoms with Crippen LogP contribution in [0.3, 0.4) is 0 Å². The fraction of sp³-hybridized carbons (Fsp3) is 0.353. The minimum absolute atomic E-state index is 0.152. The Morgan fingerprint density at radius 1 is 1.27 bits per heavy atom. The predicted octanol–water partition coefficient (Wildman–Crippen LogP) is 2.08. The van der Waals surface area contributed by atoms with E-state index in [0.29, 0.717) is 5.82 Å². The molecule has 4 rings (SSSR count). The van der Waals surface area contributed by atoms with Crippen molar-refractivity contribution in [2.45, 2.75) is 38.8 Å². The van der Waals surface area contributed by atoms with Crippen molar-refractivity contribution in [2.24, 2.45) is 0 Å². The molecule has 2 aromatic heterocycles. The molecule has 0 aliphatic carbocycles. The number of nitrogens with one attached hydrogen (secondary N) is 2. The van der Waals surface area contributed by atoms with Crippen LogP contribution in [0.1, 0.15) is 37.5 Å². The van der Waals surface area contributed by atoms with E-state index in [1.165, 1.54) is 11.0 Å². The Hall–Kier alpha value is -3.23. The molecule has 1 atom stereocenters. The molecular weight excluding hydrogens is 332 g/mol. The summed E-state index contributed by atoms with van der Waals surface area (Å²) in [4.78, 5) is 18.4. The maximum atomic E-state index is 12.4. The molecule has 0 saturated heterocycles. The van der Waals surface area contributed by atoms with Gasteiger partial charge in [0.25, 0.3) is 0 Å². The third-order valence-electron chi connectivity index (χ3n) is 4.26. The average molecular weight is 352 g/mol. The Labute approximate surface area is 150 Å². The molecule has 0 unspecified atom stereocenters. The molecule has 3 aromatic rings. The lowest BCUT2D eigenvalue weighted by molar-refractivity contribution is 0.244. The lowest BCUT2D eigenvalue weighted by Crippen LogP contribution is -2.36. The average Bonchev–Trinajstić information content (AvgIpc) is 3.29. The number of carbonyl (C=O) groups excluding carboxylic acids is 1. The molecule has 9 nitrogen and oxygen atoms in total. The van der Waals surface area contributed by atoms with Crippen molar-refractivity contribution in [1.29, 1.82) is 0 Å². The highest BCUT2D eigenvalue weighted by Gasteiger charge is 2.25. The zero-order valence-electron chi connectivity index (χ0n) is 14.5. The van der Waals surface area contributed by atoms with Crippen LogP contribution in [0, 0.1) is 0 Å². The molecule has 0 radical (unpaired) electrons. The largest absolute Gasteiger partial charge is 0.328 e. The first-order valence-corrected chi connectivity index (χ1v) is 8.72. The van der Waals surface area contributed by atoms with Gasteiger partial charge in [0.2, 0.25) is 0 Å². The highest BCUT2D eigenvalue weighted by atomic mass is 16.2. The monoisotopic (exact) mass is 352 g/mol. The van der Waals surface area contributed by atoms with Crippen LogP contribution in [0.2, 0.25) is 0 Å². The number of anilines is 1. The summed E-state index contributed by atoms with van der Waals surface area (Å²) in [5.74, 6) is 2.01. The number of nitrogens with zero attached hydrogens (tertiary/aromatic N) is 6. The summed E-state index contributed by atoms with van der Waals surface area (Å²) in [5, 5.41) is 18.6. The van der Waals surface area contributed by atoms with Crippen molar-refractivity contribution in [3.63, 3.8) is 0 Å². The summed E-state index contributed by atoms with van der Waals surface area (Å²) < 4.78 is 1.89. The van der Waals surface area contributed by atoms with Gasteiger partial charge >= 0.3 is 6.03 Å². The molecule has 26 heavy (non-hydrogen) atoms. The first-order valence-electron chi connectivity index (χ1n) is 8.72. The predicted molar refractivity (Wildman–Crippen MR) is 94.9 cm³/mol. The second-order valence-corrected chi connectivity index (χ2v) is 6.11. The molecule has 2 amide bonds. The van der Waals surface area contributed by atoms with E-state index in [1.807, 2.05) is 41.9 Å². The standard InChI is InChI=1S/C17H20N8O/c1-2-14-20-16-13(9-6-10-24(16)22-14)19-17(26)21-15-11-18-25(23-15)12-7-4-3-5-8-12/h3-5,7-8,11,13H,2,6,9-10H2,1H3,(H2,19,21,23,26)/t13-/m0/s1. The van der Waals surface area contributed by atoms with Gasteiger partial charge in [-0.1, -0.05) is 25.1 Å². The molecule has 0 fully saturated rings. The number of aryl methyl sites for hydroxylation is 2. The quantitative estimate of drug-likeness (QED) is 0.748. The van der Waals surface area contributed by atoms with Crippen LogP contribution < -0.4 is 10.6 Å². The van der Waals surface area contributed by atoms with Crippen LogP contribution in [0.25, 0.3) is 5.69 Å². The number of hydrogen-bond acceptors (Lipinski definition) is 5. The minimum atomic E-state index is -0.329. The molecular formula is C17H20N8O. The number of benzene rings is 1. The molecule has 0 bridgehead atoms. The maximum Gasteiger partial charge on any atom is 0.321 e. The lowest BCUT2D eigenvalue weighted by Gasteiger charge is -2.22. The summed E-state index contributed by atoms with van der Waals surface area (Å²) in [6, 6.07) is 9.04. The molecule has 1 aliphatic rings. The third kappa shape index (κ3) is 3.28. The van der Waals surface area contributed by atoms with E-state index in [4.69, 9.17) is 0 Å². The van der Waals surface area contributed by atoms with E-state index in [0.717, 1.165) is 43.1 Å². The van der Waals surface area contributed by atoms with Gasteiger partial charge in [-0.3, -0.25) is 5.32 Å². The highest BCUT2D eigenvalue weighted by Crippen LogP contribution is 2.23. The molecule has 1 aromatic carbocycles.